The summed E-state index contributed by atoms with van der Waals surface area (Å²) in [6.07, 6.45) is 6.03. The summed E-state index contributed by atoms with van der Waals surface area (Å²) >= 11 is 0. The summed E-state index contributed by atoms with van der Waals surface area (Å²) < 4.78 is 0. The second-order valence-electron chi connectivity index (χ2n) is 9.74. The lowest BCUT2D eigenvalue weighted by Crippen LogP contribution is -2.52. The van der Waals surface area contributed by atoms with Crippen molar-refractivity contribution in [1.29, 1.82) is 0 Å². The van der Waals surface area contributed by atoms with Gasteiger partial charge in [0.05, 0.1) is 18.3 Å². The minimum absolute atomic E-state index is 0.0447. The quantitative estimate of drug-likeness (QED) is 0.305. The summed E-state index contributed by atoms with van der Waals surface area (Å²) in [6, 6.07) is 15.0. The SMILES string of the molecule is CC(C)C[C@@H](C(=O)NN(CC(C)C)C(=O)Cc1ccccn1)[C@H](C/C=C/c1ccccc1)C(=O)NO. The highest BCUT2D eigenvalue weighted by atomic mass is 16.5. The van der Waals surface area contributed by atoms with E-state index in [1.165, 1.54) is 5.01 Å². The van der Waals surface area contributed by atoms with Gasteiger partial charge in [0.15, 0.2) is 0 Å². The zero-order chi connectivity index (χ0) is 26.5. The first-order chi connectivity index (χ1) is 17.2. The molecule has 1 aromatic heterocycles. The maximum Gasteiger partial charge on any atom is 0.247 e. The van der Waals surface area contributed by atoms with Crippen LogP contribution in [0.3, 0.4) is 0 Å². The first-order valence-electron chi connectivity index (χ1n) is 12.4. The van der Waals surface area contributed by atoms with E-state index in [1.54, 1.807) is 29.9 Å². The van der Waals surface area contributed by atoms with Crippen molar-refractivity contribution >= 4 is 23.8 Å². The summed E-state index contributed by atoms with van der Waals surface area (Å²) in [5.74, 6) is -2.71. The van der Waals surface area contributed by atoms with E-state index in [0.29, 0.717) is 18.7 Å². The highest BCUT2D eigenvalue weighted by Crippen LogP contribution is 2.26. The predicted octanol–water partition coefficient (Wildman–Crippen LogP) is 4.03. The number of hydrazine groups is 1. The predicted molar refractivity (Wildman–Crippen MR) is 139 cm³/mol. The average molecular weight is 495 g/mol. The van der Waals surface area contributed by atoms with Crippen LogP contribution in [0.25, 0.3) is 6.08 Å². The van der Waals surface area contributed by atoms with Crippen LogP contribution in [0.5, 0.6) is 0 Å². The first-order valence-corrected chi connectivity index (χ1v) is 12.4. The van der Waals surface area contributed by atoms with Gasteiger partial charge in [0, 0.05) is 18.4 Å². The number of aromatic nitrogens is 1. The molecule has 3 amide bonds. The van der Waals surface area contributed by atoms with E-state index in [1.807, 2.05) is 70.2 Å². The van der Waals surface area contributed by atoms with Crippen LogP contribution >= 0.6 is 0 Å². The van der Waals surface area contributed by atoms with Crippen LogP contribution in [0.1, 0.15) is 51.8 Å². The Labute approximate surface area is 213 Å². The number of carbonyl (C=O) groups is 3. The normalized spacial score (nSPS) is 13.0. The molecule has 0 fully saturated rings. The van der Waals surface area contributed by atoms with Gasteiger partial charge >= 0.3 is 0 Å². The van der Waals surface area contributed by atoms with Gasteiger partial charge in [-0.2, -0.15) is 0 Å². The minimum Gasteiger partial charge on any atom is -0.289 e. The Hall–Kier alpha value is -3.52. The van der Waals surface area contributed by atoms with Gasteiger partial charge in [-0.1, -0.05) is 76.2 Å². The van der Waals surface area contributed by atoms with Gasteiger partial charge in [-0.25, -0.2) is 5.48 Å². The molecule has 0 spiro atoms. The van der Waals surface area contributed by atoms with Crippen molar-refractivity contribution < 1.29 is 19.6 Å². The number of hydrogen-bond donors (Lipinski definition) is 3. The van der Waals surface area contributed by atoms with Crippen molar-refractivity contribution in [2.75, 3.05) is 6.54 Å². The third-order valence-corrected chi connectivity index (χ3v) is 5.65. The van der Waals surface area contributed by atoms with Crippen LogP contribution in [0.15, 0.2) is 60.8 Å². The van der Waals surface area contributed by atoms with Crippen LogP contribution in [-0.2, 0) is 20.8 Å². The van der Waals surface area contributed by atoms with Crippen molar-refractivity contribution in [3.8, 4) is 0 Å². The maximum atomic E-state index is 13.5. The van der Waals surface area contributed by atoms with Gasteiger partial charge in [-0.3, -0.25) is 35.0 Å². The number of hydroxylamine groups is 1. The second kappa shape index (κ2) is 14.8. The van der Waals surface area contributed by atoms with Gasteiger partial charge in [-0.05, 0) is 42.4 Å². The van der Waals surface area contributed by atoms with E-state index in [4.69, 9.17) is 0 Å². The Kier molecular flexibility index (Phi) is 11.8. The van der Waals surface area contributed by atoms with Crippen molar-refractivity contribution in [3.63, 3.8) is 0 Å². The van der Waals surface area contributed by atoms with Crippen LogP contribution in [0, 0.1) is 23.7 Å². The van der Waals surface area contributed by atoms with Crippen LogP contribution in [0.4, 0.5) is 0 Å². The fourth-order valence-electron chi connectivity index (χ4n) is 3.96. The number of amides is 3. The number of hydrogen-bond acceptors (Lipinski definition) is 5. The van der Waals surface area contributed by atoms with Crippen LogP contribution in [0.2, 0.25) is 0 Å². The van der Waals surface area contributed by atoms with Gasteiger partial charge in [-0.15, -0.1) is 0 Å². The summed E-state index contributed by atoms with van der Waals surface area (Å²) in [5, 5.41) is 10.7. The van der Waals surface area contributed by atoms with Crippen molar-refractivity contribution in [1.82, 2.24) is 20.9 Å². The molecule has 36 heavy (non-hydrogen) atoms. The van der Waals surface area contributed by atoms with E-state index in [0.717, 1.165) is 5.56 Å². The van der Waals surface area contributed by atoms with Crippen molar-refractivity contribution in [2.45, 2.75) is 47.0 Å². The topological polar surface area (TPSA) is 112 Å². The molecule has 0 aliphatic heterocycles. The molecule has 3 N–H and O–H groups in total. The Bertz CT molecular complexity index is 993. The van der Waals surface area contributed by atoms with E-state index in [2.05, 4.69) is 10.4 Å². The summed E-state index contributed by atoms with van der Waals surface area (Å²) in [5.41, 5.74) is 6.07. The number of allylic oxidation sites excluding steroid dienone is 1. The molecule has 0 radical (unpaired) electrons. The van der Waals surface area contributed by atoms with Crippen molar-refractivity contribution in [3.05, 3.63) is 72.1 Å². The Morgan fingerprint density at radius 2 is 1.64 bits per heavy atom. The number of nitrogens with one attached hydrogen (secondary N) is 2. The zero-order valence-corrected chi connectivity index (χ0v) is 21.6. The van der Waals surface area contributed by atoms with E-state index in [-0.39, 0.29) is 30.6 Å². The van der Waals surface area contributed by atoms with E-state index in [9.17, 15) is 19.6 Å². The van der Waals surface area contributed by atoms with Gasteiger partial charge in [0.2, 0.25) is 17.7 Å². The Balaban J connectivity index is 2.24. The lowest BCUT2D eigenvalue weighted by atomic mass is 9.82. The number of pyridine rings is 1. The molecule has 2 atom stereocenters. The molecule has 8 nitrogen and oxygen atoms in total. The fraction of sp³-hybridized carbons (Fsp3) is 0.429. The largest absolute Gasteiger partial charge is 0.289 e. The highest BCUT2D eigenvalue weighted by molar-refractivity contribution is 5.89. The summed E-state index contributed by atoms with van der Waals surface area (Å²) in [7, 11) is 0. The smallest absolute Gasteiger partial charge is 0.247 e. The van der Waals surface area contributed by atoms with Gasteiger partial charge in [0.25, 0.3) is 0 Å². The zero-order valence-electron chi connectivity index (χ0n) is 21.6. The molecule has 194 valence electrons. The Morgan fingerprint density at radius 1 is 0.944 bits per heavy atom. The molecule has 1 heterocycles. The standard InChI is InChI=1S/C28H38N4O4/c1-20(2)17-25(24(28(35)31-36)15-10-13-22-11-6-5-7-12-22)27(34)30-32(19-21(3)4)26(33)18-23-14-8-9-16-29-23/h5-14,16,20-21,24-25,36H,15,17-19H2,1-4H3,(H,30,34)(H,31,35)/b13-10+/t24-,25+/m0/s1. The number of rotatable bonds is 12. The maximum absolute atomic E-state index is 13.5. The Morgan fingerprint density at radius 3 is 2.22 bits per heavy atom. The molecule has 0 saturated heterocycles. The molecule has 2 aromatic rings. The van der Waals surface area contributed by atoms with Gasteiger partial charge in [0.1, 0.15) is 0 Å². The minimum atomic E-state index is -0.816. The highest BCUT2D eigenvalue weighted by Gasteiger charge is 2.35. The molecular weight excluding hydrogens is 456 g/mol. The monoisotopic (exact) mass is 494 g/mol. The van der Waals surface area contributed by atoms with E-state index >= 15 is 0 Å². The van der Waals surface area contributed by atoms with E-state index < -0.39 is 23.7 Å². The first kappa shape index (κ1) is 28.7. The number of carbonyl (C=O) groups excluding carboxylic acids is 3. The number of benzene rings is 1. The molecule has 0 unspecified atom stereocenters. The lowest BCUT2D eigenvalue weighted by Gasteiger charge is -2.30. The molecule has 8 heteroatoms. The molecule has 1 aromatic carbocycles. The average Bonchev–Trinajstić information content (AvgIpc) is 2.85. The molecule has 0 aliphatic carbocycles. The summed E-state index contributed by atoms with van der Waals surface area (Å²) in [6.45, 7) is 8.15. The summed E-state index contributed by atoms with van der Waals surface area (Å²) in [4.78, 5) is 43.4. The number of nitrogens with zero attached hydrogens (tertiary/aromatic N) is 2. The van der Waals surface area contributed by atoms with Crippen LogP contribution in [-0.4, -0.2) is 39.5 Å². The molecule has 0 saturated carbocycles. The molecule has 2 rings (SSSR count). The third kappa shape index (κ3) is 9.62. The second-order valence-corrected chi connectivity index (χ2v) is 9.74. The molecule has 0 bridgehead atoms. The fourth-order valence-corrected chi connectivity index (χ4v) is 3.96. The lowest BCUT2D eigenvalue weighted by molar-refractivity contribution is -0.147. The molecule has 0 aliphatic rings. The van der Waals surface area contributed by atoms with Crippen molar-refractivity contribution in [2.24, 2.45) is 23.7 Å². The van der Waals surface area contributed by atoms with Gasteiger partial charge < -0.3 is 0 Å². The third-order valence-electron chi connectivity index (χ3n) is 5.65. The van der Waals surface area contributed by atoms with Crippen LogP contribution < -0.4 is 10.9 Å². The molecular formula is C28H38N4O4.